The molecule has 0 aliphatic carbocycles. The fourth-order valence-corrected chi connectivity index (χ4v) is 7.70. The summed E-state index contributed by atoms with van der Waals surface area (Å²) in [7, 11) is 0. The van der Waals surface area contributed by atoms with Crippen molar-refractivity contribution in [2.24, 2.45) is 5.92 Å². The minimum Gasteiger partial charge on any atom is -0.445 e. The van der Waals surface area contributed by atoms with E-state index in [4.69, 9.17) is 14.2 Å². The van der Waals surface area contributed by atoms with Crippen molar-refractivity contribution in [2.75, 3.05) is 5.75 Å². The number of imide groups is 1. The molecule has 7 rings (SSSR count). The monoisotopic (exact) mass is 743 g/mol. The average molecular weight is 744 g/mol. The normalized spacial score (nSPS) is 21.2. The van der Waals surface area contributed by atoms with Crippen molar-refractivity contribution in [1.82, 2.24) is 15.2 Å². The van der Waals surface area contributed by atoms with Gasteiger partial charge >= 0.3 is 6.09 Å². The van der Waals surface area contributed by atoms with E-state index in [1.54, 1.807) is 18.0 Å². The van der Waals surface area contributed by atoms with Gasteiger partial charge in [0.05, 0.1) is 36.8 Å². The number of hydrogen-bond acceptors (Lipinski definition) is 9. The molecule has 2 aliphatic rings. The molecule has 3 amide bonds. The zero-order chi connectivity index (χ0) is 37.4. The molecule has 54 heavy (non-hydrogen) atoms. The van der Waals surface area contributed by atoms with Crippen molar-refractivity contribution in [1.29, 1.82) is 0 Å². The summed E-state index contributed by atoms with van der Waals surface area (Å²) < 4.78 is 18.6. The quantitative estimate of drug-likeness (QED) is 0.0995. The SMILES string of the molecule is CC1C(CSc2ccccn2)OC(c2cccc(-c3cccc(CN4C(=O)CC(NC(=O)OCc5ccccc5)C4=O)c3)c2)OC1c1ccc(CO)cc1. The number of pyridine rings is 1. The van der Waals surface area contributed by atoms with E-state index in [9.17, 15) is 19.5 Å². The van der Waals surface area contributed by atoms with Gasteiger partial charge in [0.25, 0.3) is 5.91 Å². The number of alkyl carbamates (subject to hydrolysis) is 1. The molecule has 5 atom stereocenters. The molecule has 0 saturated carbocycles. The molecule has 0 spiro atoms. The number of ether oxygens (including phenoxy) is 3. The molecule has 0 radical (unpaired) electrons. The van der Waals surface area contributed by atoms with E-state index < -0.39 is 24.3 Å². The van der Waals surface area contributed by atoms with Crippen molar-refractivity contribution >= 4 is 29.7 Å². The van der Waals surface area contributed by atoms with Gasteiger partial charge in [-0.05, 0) is 57.6 Å². The number of amides is 3. The van der Waals surface area contributed by atoms with E-state index in [1.807, 2.05) is 121 Å². The molecule has 5 unspecified atom stereocenters. The highest BCUT2D eigenvalue weighted by Gasteiger charge is 2.40. The van der Waals surface area contributed by atoms with Crippen molar-refractivity contribution in [3.05, 3.63) is 155 Å². The molecule has 2 N–H and O–H groups in total. The lowest BCUT2D eigenvalue weighted by molar-refractivity contribution is -0.268. The summed E-state index contributed by atoms with van der Waals surface area (Å²) >= 11 is 1.65. The highest BCUT2D eigenvalue weighted by Crippen LogP contribution is 2.43. The van der Waals surface area contributed by atoms with Crippen LogP contribution < -0.4 is 5.32 Å². The largest absolute Gasteiger partial charge is 0.445 e. The number of hydrogen-bond donors (Lipinski definition) is 2. The smallest absolute Gasteiger partial charge is 0.408 e. The molecule has 276 valence electrons. The van der Waals surface area contributed by atoms with Crippen LogP contribution in [-0.4, -0.2) is 50.8 Å². The fourth-order valence-electron chi connectivity index (χ4n) is 6.68. The van der Waals surface area contributed by atoms with Crippen molar-refractivity contribution in [3.63, 3.8) is 0 Å². The number of carbonyl (C=O) groups is 3. The lowest BCUT2D eigenvalue weighted by Crippen LogP contribution is -2.41. The molecule has 11 heteroatoms. The van der Waals surface area contributed by atoms with Crippen LogP contribution in [0.1, 0.15) is 53.6 Å². The Bertz CT molecular complexity index is 2070. The van der Waals surface area contributed by atoms with Gasteiger partial charge in [-0.3, -0.25) is 14.5 Å². The number of rotatable bonds is 12. The first-order chi connectivity index (χ1) is 26.3. The molecule has 4 aromatic carbocycles. The van der Waals surface area contributed by atoms with Crippen LogP contribution >= 0.6 is 11.8 Å². The molecule has 3 heterocycles. The number of aromatic nitrogens is 1. The Labute approximate surface area is 318 Å². The van der Waals surface area contributed by atoms with Gasteiger partial charge in [0.2, 0.25) is 5.91 Å². The zero-order valence-electron chi connectivity index (χ0n) is 29.7. The predicted octanol–water partition coefficient (Wildman–Crippen LogP) is 7.38. The molecule has 2 saturated heterocycles. The Morgan fingerprint density at radius 3 is 2.35 bits per heavy atom. The summed E-state index contributed by atoms with van der Waals surface area (Å²) in [4.78, 5) is 44.3. The van der Waals surface area contributed by atoms with E-state index in [0.29, 0.717) is 5.75 Å². The van der Waals surface area contributed by atoms with Crippen LogP contribution in [0.25, 0.3) is 11.1 Å². The summed E-state index contributed by atoms with van der Waals surface area (Å²) in [6, 6.07) is 37.6. The number of thioether (sulfide) groups is 1. The Kier molecular flexibility index (Phi) is 11.8. The van der Waals surface area contributed by atoms with Gasteiger partial charge in [0.1, 0.15) is 12.6 Å². The lowest BCUT2D eigenvalue weighted by Gasteiger charge is -2.41. The molecule has 2 aliphatic heterocycles. The van der Waals surface area contributed by atoms with E-state index in [1.165, 1.54) is 4.90 Å². The number of aliphatic hydroxyl groups excluding tert-OH is 1. The van der Waals surface area contributed by atoms with Crippen LogP contribution in [-0.2, 0) is 43.6 Å². The first-order valence-electron chi connectivity index (χ1n) is 17.9. The Balaban J connectivity index is 1.05. The fraction of sp³-hybridized carbons (Fsp3) is 0.256. The molecule has 5 aromatic rings. The van der Waals surface area contributed by atoms with Crippen LogP contribution in [0.15, 0.2) is 133 Å². The standard InChI is InChI=1S/C43H41N3O7S/c1-28-37(27-54-38-15-5-6-20-44-38)52-42(53-40(28)32-18-16-29(25-47)17-19-32)35-14-8-13-34(22-35)33-12-7-11-31(21-33)24-46-39(48)23-36(41(46)49)45-43(50)51-26-30-9-3-2-4-10-30/h2-22,28,36-37,40,42,47H,23-27H2,1H3,(H,45,50). The summed E-state index contributed by atoms with van der Waals surface area (Å²) in [6.07, 6.45) is -0.146. The highest BCUT2D eigenvalue weighted by molar-refractivity contribution is 7.99. The van der Waals surface area contributed by atoms with Crippen LogP contribution in [0, 0.1) is 5.92 Å². The maximum Gasteiger partial charge on any atom is 0.408 e. The number of aliphatic hydroxyl groups is 1. The average Bonchev–Trinajstić information content (AvgIpc) is 3.47. The molecule has 1 aromatic heterocycles. The van der Waals surface area contributed by atoms with Gasteiger partial charge in [-0.25, -0.2) is 9.78 Å². The number of nitrogens with zero attached hydrogens (tertiary/aromatic N) is 2. The Morgan fingerprint density at radius 2 is 1.59 bits per heavy atom. The predicted molar refractivity (Wildman–Crippen MR) is 204 cm³/mol. The molecular formula is C43H41N3O7S. The molecule has 0 bridgehead atoms. The van der Waals surface area contributed by atoms with Crippen molar-refractivity contribution in [2.45, 2.75) is 62.7 Å². The summed E-state index contributed by atoms with van der Waals surface area (Å²) in [6.45, 7) is 2.24. The first-order valence-corrected chi connectivity index (χ1v) is 18.9. The van der Waals surface area contributed by atoms with Crippen LogP contribution in [0.3, 0.4) is 0 Å². The van der Waals surface area contributed by atoms with Gasteiger partial charge in [0.15, 0.2) is 6.29 Å². The second-order valence-electron chi connectivity index (χ2n) is 13.4. The second kappa shape index (κ2) is 17.2. The first kappa shape index (κ1) is 37.0. The maximum absolute atomic E-state index is 13.2. The third-order valence-electron chi connectivity index (χ3n) is 9.67. The van der Waals surface area contributed by atoms with E-state index in [0.717, 1.165) is 44.0 Å². The molecule has 10 nitrogen and oxygen atoms in total. The van der Waals surface area contributed by atoms with Gasteiger partial charge in [-0.1, -0.05) is 104 Å². The second-order valence-corrected chi connectivity index (χ2v) is 14.4. The summed E-state index contributed by atoms with van der Waals surface area (Å²) in [5.41, 5.74) is 6.10. The van der Waals surface area contributed by atoms with Gasteiger partial charge < -0.3 is 24.6 Å². The maximum atomic E-state index is 13.2. The number of carbonyl (C=O) groups excluding carboxylic acids is 3. The molecule has 2 fully saturated rings. The number of likely N-dealkylation sites (tertiary alicyclic amines) is 1. The van der Waals surface area contributed by atoms with Crippen LogP contribution in [0.4, 0.5) is 4.79 Å². The number of benzene rings is 4. The van der Waals surface area contributed by atoms with Crippen LogP contribution in [0.2, 0.25) is 0 Å². The van der Waals surface area contributed by atoms with E-state index in [2.05, 4.69) is 17.2 Å². The van der Waals surface area contributed by atoms with E-state index >= 15 is 0 Å². The van der Waals surface area contributed by atoms with Gasteiger partial charge in [-0.2, -0.15) is 0 Å². The Hall–Kier alpha value is -5.33. The third-order valence-corrected chi connectivity index (χ3v) is 10.7. The van der Waals surface area contributed by atoms with E-state index in [-0.39, 0.29) is 50.2 Å². The van der Waals surface area contributed by atoms with Crippen LogP contribution in [0.5, 0.6) is 0 Å². The third kappa shape index (κ3) is 8.88. The zero-order valence-corrected chi connectivity index (χ0v) is 30.6. The van der Waals surface area contributed by atoms with Crippen molar-refractivity contribution in [3.8, 4) is 11.1 Å². The minimum atomic E-state index is -0.985. The molecular weight excluding hydrogens is 703 g/mol. The summed E-state index contributed by atoms with van der Waals surface area (Å²) in [5, 5.41) is 13.1. The Morgan fingerprint density at radius 1 is 0.852 bits per heavy atom. The lowest BCUT2D eigenvalue weighted by atomic mass is 9.91. The highest BCUT2D eigenvalue weighted by atomic mass is 32.2. The number of nitrogens with one attached hydrogen (secondary N) is 1. The topological polar surface area (TPSA) is 127 Å². The van der Waals surface area contributed by atoms with Crippen molar-refractivity contribution < 1.29 is 33.7 Å². The minimum absolute atomic E-state index is 0.0290. The van der Waals surface area contributed by atoms with Gasteiger partial charge in [-0.15, -0.1) is 11.8 Å². The van der Waals surface area contributed by atoms with Gasteiger partial charge in [0, 0.05) is 23.4 Å². The summed E-state index contributed by atoms with van der Waals surface area (Å²) in [5.74, 6) is -0.119.